The van der Waals surface area contributed by atoms with E-state index in [0.29, 0.717) is 60.6 Å². The molecule has 0 bridgehead atoms. The molecule has 2 aromatic heterocycles. The lowest BCUT2D eigenvalue weighted by molar-refractivity contribution is 0.217. The molecule has 0 fully saturated rings. The number of fused-ring (bicyclic) bond motifs is 7. The van der Waals surface area contributed by atoms with Crippen LogP contribution < -0.4 is 35.6 Å². The van der Waals surface area contributed by atoms with Crippen LogP contribution in [0.25, 0.3) is 44.2 Å². The first-order valence-corrected chi connectivity index (χ1v) is 15.6. The first-order valence-electron chi connectivity index (χ1n) is 15.6. The lowest BCUT2D eigenvalue weighted by atomic mass is 9.91. The molecule has 5 aromatic carbocycles. The molecule has 2 heterocycles. The van der Waals surface area contributed by atoms with Gasteiger partial charge in [0.05, 0.1) is 0 Å². The van der Waals surface area contributed by atoms with Crippen molar-refractivity contribution in [3.05, 3.63) is 139 Å². The molecule has 9 heteroatoms. The summed E-state index contributed by atoms with van der Waals surface area (Å²) >= 11 is 0. The summed E-state index contributed by atoms with van der Waals surface area (Å²) in [6, 6.07) is 28.6. The third kappa shape index (κ3) is 5.93. The fraction of sp³-hybridized carbons (Fsp3) is 0.154. The first-order chi connectivity index (χ1) is 23.5. The van der Waals surface area contributed by atoms with Gasteiger partial charge in [0.25, 0.3) is 0 Å². The fourth-order valence-electron chi connectivity index (χ4n) is 6.07. The van der Waals surface area contributed by atoms with Crippen molar-refractivity contribution < 1.29 is 27.8 Å². The van der Waals surface area contributed by atoms with Crippen LogP contribution in [0.5, 0.6) is 23.0 Å². The van der Waals surface area contributed by atoms with E-state index in [1.54, 1.807) is 24.3 Å². The lowest BCUT2D eigenvalue weighted by Crippen LogP contribution is -2.10. The van der Waals surface area contributed by atoms with E-state index in [4.69, 9.17) is 27.8 Å². The molecular weight excluding hydrogens is 612 g/mol. The van der Waals surface area contributed by atoms with Crippen LogP contribution in [0.15, 0.2) is 120 Å². The number of benzene rings is 4. The van der Waals surface area contributed by atoms with Gasteiger partial charge in [-0.15, -0.1) is 0 Å². The van der Waals surface area contributed by atoms with Crippen LogP contribution >= 0.6 is 0 Å². The van der Waals surface area contributed by atoms with Crippen molar-refractivity contribution in [1.29, 1.82) is 0 Å². The van der Waals surface area contributed by atoms with Crippen LogP contribution in [0.3, 0.4) is 0 Å². The van der Waals surface area contributed by atoms with Crippen LogP contribution in [0.4, 0.5) is 0 Å². The highest BCUT2D eigenvalue weighted by atomic mass is 16.5. The Kier molecular flexibility index (Phi) is 7.49. The van der Waals surface area contributed by atoms with Gasteiger partial charge in [-0.25, -0.2) is 9.59 Å². The van der Waals surface area contributed by atoms with E-state index in [1.807, 2.05) is 60.7 Å². The maximum absolute atomic E-state index is 13.0. The molecule has 7 aromatic rings. The maximum atomic E-state index is 13.0. The van der Waals surface area contributed by atoms with Gasteiger partial charge in [-0.2, -0.15) is 0 Å². The van der Waals surface area contributed by atoms with Gasteiger partial charge < -0.3 is 27.8 Å². The Morgan fingerprint density at radius 2 is 0.833 bits per heavy atom. The molecule has 0 aliphatic heterocycles. The van der Waals surface area contributed by atoms with E-state index in [9.17, 15) is 14.4 Å². The van der Waals surface area contributed by atoms with Gasteiger partial charge in [0.2, 0.25) is 0 Å². The average Bonchev–Trinajstić information content (AvgIpc) is 3.75. The number of aryl methyl sites for hydroxylation is 2. The summed E-state index contributed by atoms with van der Waals surface area (Å²) in [7, 11) is 0. The molecule has 238 valence electrons. The molecule has 0 N–H and O–H groups in total. The Morgan fingerprint density at radius 1 is 0.458 bits per heavy atom. The molecule has 0 radical (unpaired) electrons. The van der Waals surface area contributed by atoms with Crippen molar-refractivity contribution in [1.82, 2.24) is 0 Å². The maximum Gasteiger partial charge on any atom is 0.336 e. The van der Waals surface area contributed by atoms with Gasteiger partial charge in [-0.05, 0) is 95.8 Å². The number of hydrogen-bond acceptors (Lipinski definition) is 9. The lowest BCUT2D eigenvalue weighted by Gasteiger charge is -2.16. The Labute approximate surface area is 273 Å². The van der Waals surface area contributed by atoms with Crippen molar-refractivity contribution in [2.24, 2.45) is 0 Å². The van der Waals surface area contributed by atoms with Gasteiger partial charge in [-0.3, -0.25) is 4.79 Å². The van der Waals surface area contributed by atoms with Crippen LogP contribution in [0.2, 0.25) is 0 Å². The van der Waals surface area contributed by atoms with Crippen LogP contribution in [-0.4, -0.2) is 26.4 Å². The minimum atomic E-state index is -0.409. The second-order valence-electron chi connectivity index (χ2n) is 11.5. The quantitative estimate of drug-likeness (QED) is 0.122. The highest BCUT2D eigenvalue weighted by Gasteiger charge is 2.30. The molecule has 0 atom stereocenters. The van der Waals surface area contributed by atoms with Crippen LogP contribution in [0.1, 0.15) is 11.1 Å². The zero-order chi connectivity index (χ0) is 32.6. The molecule has 8 rings (SSSR count). The Hall–Kier alpha value is -6.09. The van der Waals surface area contributed by atoms with Crippen LogP contribution in [0, 0.1) is 0 Å². The summed E-state index contributed by atoms with van der Waals surface area (Å²) in [5.41, 5.74) is 5.71. The third-order valence-corrected chi connectivity index (χ3v) is 8.43. The third-order valence-electron chi connectivity index (χ3n) is 8.43. The molecule has 1 aliphatic rings. The normalized spacial score (nSPS) is 12.2. The summed E-state index contributed by atoms with van der Waals surface area (Å²) in [6.07, 6.45) is 1.46. The predicted molar refractivity (Wildman–Crippen MR) is 180 cm³/mol. The van der Waals surface area contributed by atoms with Crippen molar-refractivity contribution in [3.63, 3.8) is 0 Å². The van der Waals surface area contributed by atoms with E-state index in [1.165, 1.54) is 12.1 Å². The fourth-order valence-corrected chi connectivity index (χ4v) is 6.07. The summed E-state index contributed by atoms with van der Waals surface area (Å²) in [5, 5.41) is 1.64. The molecular formula is C39H28O9. The zero-order valence-electron chi connectivity index (χ0n) is 25.7. The molecule has 48 heavy (non-hydrogen) atoms. The van der Waals surface area contributed by atoms with Crippen molar-refractivity contribution in [3.8, 4) is 45.3 Å². The standard InChI is InChI=1S/C39H28O9/c40-35-13-5-23-3-7-29(21-33(23)47-35)45-17-15-43-27-9-11-31-25(19-27)1-2-26-20-28(10-12-32(26)38-37(31)39(38)42)44-16-18-46-30-8-4-24-6-14-36(41)48-34(24)22-30/h3-14,19-22H,1-2,15-18H2. The van der Waals surface area contributed by atoms with E-state index in [2.05, 4.69) is 0 Å². The van der Waals surface area contributed by atoms with E-state index in [0.717, 1.165) is 57.0 Å². The van der Waals surface area contributed by atoms with Gasteiger partial charge in [0.15, 0.2) is 5.43 Å². The van der Waals surface area contributed by atoms with E-state index >= 15 is 0 Å². The predicted octanol–water partition coefficient (Wildman–Crippen LogP) is 6.48. The average molecular weight is 641 g/mol. The molecule has 9 nitrogen and oxygen atoms in total. The second kappa shape index (κ2) is 12.3. The van der Waals surface area contributed by atoms with Crippen LogP contribution in [-0.2, 0) is 12.8 Å². The number of rotatable bonds is 10. The summed E-state index contributed by atoms with van der Waals surface area (Å²) in [6.45, 7) is 1.23. The minimum Gasteiger partial charge on any atom is -0.490 e. The second-order valence-corrected chi connectivity index (χ2v) is 11.5. The molecule has 0 spiro atoms. The molecule has 1 aliphatic carbocycles. The zero-order valence-corrected chi connectivity index (χ0v) is 25.7. The van der Waals surface area contributed by atoms with Gasteiger partial charge >= 0.3 is 11.3 Å². The van der Waals surface area contributed by atoms with E-state index in [-0.39, 0.29) is 5.43 Å². The van der Waals surface area contributed by atoms with Gasteiger partial charge in [0, 0.05) is 46.2 Å². The minimum absolute atomic E-state index is 0.0703. The van der Waals surface area contributed by atoms with Crippen molar-refractivity contribution >= 4 is 21.9 Å². The summed E-state index contributed by atoms with van der Waals surface area (Å²) in [5.74, 6) is 2.56. The molecule has 0 unspecified atom stereocenters. The van der Waals surface area contributed by atoms with Gasteiger partial charge in [0.1, 0.15) is 60.6 Å². The highest BCUT2D eigenvalue weighted by Crippen LogP contribution is 2.42. The molecule has 0 saturated heterocycles. The van der Waals surface area contributed by atoms with Crippen molar-refractivity contribution in [2.75, 3.05) is 26.4 Å². The molecule has 0 amide bonds. The van der Waals surface area contributed by atoms with Gasteiger partial charge in [-0.1, -0.05) is 12.1 Å². The monoisotopic (exact) mass is 640 g/mol. The first kappa shape index (κ1) is 29.3. The Bertz CT molecular complexity index is 2270. The van der Waals surface area contributed by atoms with E-state index < -0.39 is 11.3 Å². The summed E-state index contributed by atoms with van der Waals surface area (Å²) in [4.78, 5) is 36.1. The topological polar surface area (TPSA) is 114 Å². The number of hydrogen-bond donors (Lipinski definition) is 0. The molecule has 0 saturated carbocycles. The Balaban J connectivity index is 0.890. The largest absolute Gasteiger partial charge is 0.490 e. The highest BCUT2D eigenvalue weighted by molar-refractivity contribution is 5.97. The number of ether oxygens (including phenoxy) is 4. The SMILES string of the molecule is O=c1ccc2ccc(OCCOc3ccc4c(c3)CCc3cc(OCCOc5ccc6ccc(=O)oc6c5)ccc3-c3c-4c3=O)cc2o1. The van der Waals surface area contributed by atoms with Crippen molar-refractivity contribution in [2.45, 2.75) is 12.8 Å². The Morgan fingerprint density at radius 3 is 1.27 bits per heavy atom. The smallest absolute Gasteiger partial charge is 0.336 e. The summed E-state index contributed by atoms with van der Waals surface area (Å²) < 4.78 is 34.1.